The smallest absolute Gasteiger partial charge is 0.135 e. The molecular formula is C24H24N2O. The van der Waals surface area contributed by atoms with Crippen LogP contribution in [0.15, 0.2) is 77.2 Å². The number of hydrogen-bond donors (Lipinski definition) is 2. The molecule has 2 unspecified atom stereocenters. The molecule has 4 aromatic rings. The average Bonchev–Trinajstić information content (AvgIpc) is 3.11. The lowest BCUT2D eigenvalue weighted by atomic mass is 9.92. The predicted octanol–water partition coefficient (Wildman–Crippen LogP) is 5.17. The Balaban J connectivity index is 1.36. The Morgan fingerprint density at radius 1 is 0.889 bits per heavy atom. The van der Waals surface area contributed by atoms with E-state index < -0.39 is 0 Å². The van der Waals surface area contributed by atoms with Crippen molar-refractivity contribution in [3.8, 4) is 0 Å². The minimum Gasteiger partial charge on any atom is -0.456 e. The van der Waals surface area contributed by atoms with Gasteiger partial charge in [0.15, 0.2) is 0 Å². The summed E-state index contributed by atoms with van der Waals surface area (Å²) in [5, 5.41) is 9.85. The number of fused-ring (bicyclic) bond motifs is 3. The van der Waals surface area contributed by atoms with Gasteiger partial charge in [0, 0.05) is 29.4 Å². The molecule has 5 rings (SSSR count). The fourth-order valence-corrected chi connectivity index (χ4v) is 4.25. The Morgan fingerprint density at radius 3 is 2.63 bits per heavy atom. The van der Waals surface area contributed by atoms with Gasteiger partial charge in [0.25, 0.3) is 0 Å². The largest absolute Gasteiger partial charge is 0.456 e. The second-order valence-electron chi connectivity index (χ2n) is 7.40. The summed E-state index contributed by atoms with van der Waals surface area (Å²) in [7, 11) is 0. The molecule has 1 aliphatic heterocycles. The number of nitrogens with one attached hydrogen (secondary N) is 2. The lowest BCUT2D eigenvalue weighted by Gasteiger charge is -2.34. The summed E-state index contributed by atoms with van der Waals surface area (Å²) in [5.41, 5.74) is 4.55. The predicted molar refractivity (Wildman–Crippen MR) is 111 cm³/mol. The maximum absolute atomic E-state index is 6.04. The van der Waals surface area contributed by atoms with Gasteiger partial charge in [-0.2, -0.15) is 0 Å². The van der Waals surface area contributed by atoms with E-state index in [-0.39, 0.29) is 0 Å². The zero-order chi connectivity index (χ0) is 18.1. The normalized spacial score (nSPS) is 20.3. The van der Waals surface area contributed by atoms with E-state index in [1.807, 2.05) is 12.1 Å². The van der Waals surface area contributed by atoms with Gasteiger partial charge in [-0.1, -0.05) is 60.7 Å². The maximum atomic E-state index is 6.04. The molecule has 3 heteroatoms. The third-order valence-electron chi connectivity index (χ3n) is 5.63. The number of para-hydroxylation sites is 1. The highest BCUT2D eigenvalue weighted by molar-refractivity contribution is 6.04. The second kappa shape index (κ2) is 7.18. The van der Waals surface area contributed by atoms with Crippen molar-refractivity contribution in [1.82, 2.24) is 10.6 Å². The standard InChI is InChI=1S/C24H24N2O/c1-2-7-18(8-3-1)24-21(10-6-14-25-24)26-16-17-12-13-20-19-9-4-5-11-22(19)27-23(20)15-17/h1-5,7-9,11-13,15,21,24-26H,6,10,14,16H2. The van der Waals surface area contributed by atoms with Crippen molar-refractivity contribution in [3.63, 3.8) is 0 Å². The lowest BCUT2D eigenvalue weighted by Crippen LogP contribution is -2.45. The summed E-state index contributed by atoms with van der Waals surface area (Å²) >= 11 is 0. The molecule has 1 saturated heterocycles. The molecule has 0 amide bonds. The zero-order valence-corrected chi connectivity index (χ0v) is 15.3. The van der Waals surface area contributed by atoms with Crippen LogP contribution < -0.4 is 10.6 Å². The molecule has 0 spiro atoms. The molecule has 2 N–H and O–H groups in total. The Labute approximate surface area is 159 Å². The molecule has 1 fully saturated rings. The van der Waals surface area contributed by atoms with Gasteiger partial charge in [-0.25, -0.2) is 0 Å². The molecule has 0 radical (unpaired) electrons. The van der Waals surface area contributed by atoms with E-state index in [9.17, 15) is 0 Å². The van der Waals surface area contributed by atoms with Crippen LogP contribution in [0.25, 0.3) is 21.9 Å². The number of piperidine rings is 1. The van der Waals surface area contributed by atoms with Gasteiger partial charge < -0.3 is 15.1 Å². The van der Waals surface area contributed by atoms with Crippen LogP contribution >= 0.6 is 0 Å². The molecule has 27 heavy (non-hydrogen) atoms. The Morgan fingerprint density at radius 2 is 1.70 bits per heavy atom. The summed E-state index contributed by atoms with van der Waals surface area (Å²) < 4.78 is 6.04. The fraction of sp³-hybridized carbons (Fsp3) is 0.250. The molecule has 3 nitrogen and oxygen atoms in total. The highest BCUT2D eigenvalue weighted by Crippen LogP contribution is 2.29. The zero-order valence-electron chi connectivity index (χ0n) is 15.3. The van der Waals surface area contributed by atoms with E-state index in [0.29, 0.717) is 12.1 Å². The van der Waals surface area contributed by atoms with Crippen molar-refractivity contribution in [2.24, 2.45) is 0 Å². The molecule has 3 aromatic carbocycles. The minimum absolute atomic E-state index is 0.370. The lowest BCUT2D eigenvalue weighted by molar-refractivity contribution is 0.304. The molecule has 0 saturated carbocycles. The maximum Gasteiger partial charge on any atom is 0.135 e. The van der Waals surface area contributed by atoms with Crippen LogP contribution in [0.1, 0.15) is 30.0 Å². The number of furan rings is 1. The average molecular weight is 356 g/mol. The molecule has 136 valence electrons. The van der Waals surface area contributed by atoms with Gasteiger partial charge in [0.2, 0.25) is 0 Å². The van der Waals surface area contributed by atoms with Crippen LogP contribution in [0, 0.1) is 0 Å². The molecule has 0 aliphatic carbocycles. The van der Waals surface area contributed by atoms with Crippen molar-refractivity contribution in [2.45, 2.75) is 31.5 Å². The summed E-state index contributed by atoms with van der Waals surface area (Å²) in [5.74, 6) is 0. The molecule has 1 aliphatic rings. The summed E-state index contributed by atoms with van der Waals surface area (Å²) in [6, 6.07) is 26.4. The van der Waals surface area contributed by atoms with E-state index in [1.54, 1.807) is 0 Å². The Hall–Kier alpha value is -2.62. The van der Waals surface area contributed by atoms with Gasteiger partial charge in [-0.05, 0) is 42.6 Å². The van der Waals surface area contributed by atoms with Gasteiger partial charge in [0.1, 0.15) is 11.2 Å². The van der Waals surface area contributed by atoms with Crippen molar-refractivity contribution < 1.29 is 4.42 Å². The first-order valence-corrected chi connectivity index (χ1v) is 9.80. The summed E-state index contributed by atoms with van der Waals surface area (Å²) in [6.45, 7) is 1.94. The third-order valence-corrected chi connectivity index (χ3v) is 5.63. The monoisotopic (exact) mass is 356 g/mol. The fourth-order valence-electron chi connectivity index (χ4n) is 4.25. The van der Waals surface area contributed by atoms with Crippen LogP contribution in [0.2, 0.25) is 0 Å². The van der Waals surface area contributed by atoms with E-state index in [1.165, 1.54) is 34.7 Å². The molecular weight excluding hydrogens is 332 g/mol. The topological polar surface area (TPSA) is 37.2 Å². The van der Waals surface area contributed by atoms with E-state index in [4.69, 9.17) is 4.42 Å². The summed E-state index contributed by atoms with van der Waals surface area (Å²) in [6.07, 6.45) is 2.41. The van der Waals surface area contributed by atoms with Gasteiger partial charge in [-0.3, -0.25) is 0 Å². The molecule has 2 atom stereocenters. The van der Waals surface area contributed by atoms with Crippen molar-refractivity contribution in [1.29, 1.82) is 0 Å². The molecule has 2 heterocycles. The Kier molecular flexibility index (Phi) is 4.40. The van der Waals surface area contributed by atoms with E-state index in [2.05, 4.69) is 71.3 Å². The minimum atomic E-state index is 0.370. The highest BCUT2D eigenvalue weighted by atomic mass is 16.3. The van der Waals surface area contributed by atoms with Gasteiger partial charge in [0.05, 0.1) is 0 Å². The number of hydrogen-bond acceptors (Lipinski definition) is 3. The van der Waals surface area contributed by atoms with Gasteiger partial charge in [-0.15, -0.1) is 0 Å². The SMILES string of the molecule is c1ccc(C2NCCCC2NCc2ccc3c(c2)oc2ccccc23)cc1. The van der Waals surface area contributed by atoms with Crippen molar-refractivity contribution in [2.75, 3.05) is 6.54 Å². The Bertz CT molecular complexity index is 1050. The van der Waals surface area contributed by atoms with Crippen LogP contribution in [0.4, 0.5) is 0 Å². The number of benzene rings is 3. The van der Waals surface area contributed by atoms with Crippen LogP contribution in [-0.4, -0.2) is 12.6 Å². The van der Waals surface area contributed by atoms with Crippen LogP contribution in [0.3, 0.4) is 0 Å². The second-order valence-corrected chi connectivity index (χ2v) is 7.40. The van der Waals surface area contributed by atoms with Gasteiger partial charge >= 0.3 is 0 Å². The first-order valence-electron chi connectivity index (χ1n) is 9.80. The molecule has 0 bridgehead atoms. The van der Waals surface area contributed by atoms with Crippen molar-refractivity contribution >= 4 is 21.9 Å². The first-order chi connectivity index (χ1) is 13.4. The van der Waals surface area contributed by atoms with Crippen LogP contribution in [0.5, 0.6) is 0 Å². The first kappa shape index (κ1) is 16.5. The number of rotatable bonds is 4. The third kappa shape index (κ3) is 3.25. The molecule has 1 aromatic heterocycles. The van der Waals surface area contributed by atoms with Crippen molar-refractivity contribution in [3.05, 3.63) is 83.9 Å². The summed E-state index contributed by atoms with van der Waals surface area (Å²) in [4.78, 5) is 0. The quantitative estimate of drug-likeness (QED) is 0.530. The van der Waals surface area contributed by atoms with E-state index >= 15 is 0 Å². The van der Waals surface area contributed by atoms with Crippen LogP contribution in [-0.2, 0) is 6.54 Å². The highest BCUT2D eigenvalue weighted by Gasteiger charge is 2.25. The van der Waals surface area contributed by atoms with E-state index in [0.717, 1.165) is 24.3 Å².